The van der Waals surface area contributed by atoms with Gasteiger partial charge in [0.25, 0.3) is 5.91 Å². The van der Waals surface area contributed by atoms with Gasteiger partial charge in [0.1, 0.15) is 5.58 Å². The molecule has 1 heterocycles. The summed E-state index contributed by atoms with van der Waals surface area (Å²) in [5.41, 5.74) is 7.95. The Balaban J connectivity index is 1.78. The minimum Gasteiger partial charge on any atom is -0.451 e. The van der Waals surface area contributed by atoms with Gasteiger partial charge >= 0.3 is 0 Å². The molecule has 2 atom stereocenters. The van der Waals surface area contributed by atoms with Crippen LogP contribution in [0.5, 0.6) is 0 Å². The second kappa shape index (κ2) is 5.29. The van der Waals surface area contributed by atoms with Crippen LogP contribution >= 0.6 is 0 Å². The average molecular weight is 272 g/mol. The van der Waals surface area contributed by atoms with Gasteiger partial charge in [-0.1, -0.05) is 24.5 Å². The van der Waals surface area contributed by atoms with Crippen LogP contribution in [0, 0.1) is 6.92 Å². The molecule has 3 N–H and O–H groups in total. The van der Waals surface area contributed by atoms with Crippen molar-refractivity contribution in [3.8, 4) is 0 Å². The Hall–Kier alpha value is -1.81. The molecule has 0 bridgehead atoms. The minimum atomic E-state index is -0.166. The van der Waals surface area contributed by atoms with E-state index in [9.17, 15) is 4.79 Å². The maximum Gasteiger partial charge on any atom is 0.287 e. The molecule has 1 saturated carbocycles. The van der Waals surface area contributed by atoms with E-state index in [1.54, 1.807) is 6.07 Å². The number of benzene rings is 1. The maximum absolute atomic E-state index is 12.3. The molecule has 0 spiro atoms. The summed E-state index contributed by atoms with van der Waals surface area (Å²) in [4.78, 5) is 12.3. The highest BCUT2D eigenvalue weighted by Crippen LogP contribution is 2.22. The van der Waals surface area contributed by atoms with Crippen molar-refractivity contribution in [2.45, 2.75) is 44.7 Å². The minimum absolute atomic E-state index is 0.0549. The fraction of sp³-hybridized carbons (Fsp3) is 0.438. The molecule has 1 fully saturated rings. The number of carbonyl (C=O) groups excluding carboxylic acids is 1. The first-order valence-corrected chi connectivity index (χ1v) is 7.20. The van der Waals surface area contributed by atoms with Gasteiger partial charge in [0.2, 0.25) is 0 Å². The summed E-state index contributed by atoms with van der Waals surface area (Å²) in [6, 6.07) is 7.80. The number of aryl methyl sites for hydroxylation is 1. The number of nitrogens with two attached hydrogens (primary N) is 1. The largest absolute Gasteiger partial charge is 0.451 e. The van der Waals surface area contributed by atoms with Gasteiger partial charge in [-0.3, -0.25) is 4.79 Å². The van der Waals surface area contributed by atoms with Crippen LogP contribution in [0.3, 0.4) is 0 Å². The van der Waals surface area contributed by atoms with Crippen LogP contribution in [-0.2, 0) is 0 Å². The van der Waals surface area contributed by atoms with Crippen LogP contribution in [0.4, 0.5) is 0 Å². The van der Waals surface area contributed by atoms with Gasteiger partial charge < -0.3 is 15.5 Å². The predicted octanol–water partition coefficient (Wildman–Crippen LogP) is 2.74. The molecule has 3 rings (SSSR count). The number of hydrogen-bond acceptors (Lipinski definition) is 3. The second-order valence-electron chi connectivity index (χ2n) is 5.68. The number of hydrogen-bond donors (Lipinski definition) is 2. The van der Waals surface area contributed by atoms with E-state index in [1.165, 1.54) is 0 Å². The molecule has 4 heteroatoms. The Morgan fingerprint density at radius 1 is 1.30 bits per heavy atom. The fourth-order valence-corrected chi connectivity index (χ4v) is 2.85. The second-order valence-corrected chi connectivity index (χ2v) is 5.68. The maximum atomic E-state index is 12.3. The zero-order valence-corrected chi connectivity index (χ0v) is 11.7. The highest BCUT2D eigenvalue weighted by Gasteiger charge is 2.24. The lowest BCUT2D eigenvalue weighted by Gasteiger charge is -2.28. The Kier molecular flexibility index (Phi) is 3.49. The van der Waals surface area contributed by atoms with Crippen LogP contribution < -0.4 is 11.1 Å². The van der Waals surface area contributed by atoms with Gasteiger partial charge in [0.05, 0.1) is 0 Å². The topological polar surface area (TPSA) is 68.3 Å². The number of nitrogens with one attached hydrogen (secondary N) is 1. The van der Waals surface area contributed by atoms with Gasteiger partial charge in [-0.15, -0.1) is 0 Å². The summed E-state index contributed by atoms with van der Waals surface area (Å²) < 4.78 is 5.61. The molecule has 1 aromatic heterocycles. The number of furan rings is 1. The zero-order valence-electron chi connectivity index (χ0n) is 11.7. The van der Waals surface area contributed by atoms with E-state index in [2.05, 4.69) is 5.32 Å². The van der Waals surface area contributed by atoms with Crippen LogP contribution in [-0.4, -0.2) is 18.0 Å². The average Bonchev–Trinajstić information content (AvgIpc) is 2.84. The molecule has 1 amide bonds. The normalized spacial score (nSPS) is 22.9. The summed E-state index contributed by atoms with van der Waals surface area (Å²) in [6.45, 7) is 2.02. The predicted molar refractivity (Wildman–Crippen MR) is 78.6 cm³/mol. The highest BCUT2D eigenvalue weighted by atomic mass is 16.3. The van der Waals surface area contributed by atoms with Crippen molar-refractivity contribution in [3.05, 3.63) is 35.6 Å². The van der Waals surface area contributed by atoms with Crippen LogP contribution in [0.15, 0.2) is 28.7 Å². The number of fused-ring (bicyclic) bond motifs is 1. The number of rotatable bonds is 2. The molecule has 0 aliphatic heterocycles. The molecular formula is C16H20N2O2. The quantitative estimate of drug-likeness (QED) is 0.883. The van der Waals surface area contributed by atoms with E-state index in [0.29, 0.717) is 5.76 Å². The van der Waals surface area contributed by atoms with Crippen molar-refractivity contribution < 1.29 is 9.21 Å². The third kappa shape index (κ3) is 2.56. The van der Waals surface area contributed by atoms with Crippen molar-refractivity contribution in [1.29, 1.82) is 0 Å². The van der Waals surface area contributed by atoms with E-state index < -0.39 is 0 Å². The standard InChI is InChI=1S/C16H20N2O2/c1-10-6-7-14-11(8-10)9-15(20-14)16(19)18-13-5-3-2-4-12(13)17/h6-9,12-13H,2-5,17H2,1H3,(H,18,19)/t12-,13-/m1/s1. The molecule has 1 aliphatic rings. The summed E-state index contributed by atoms with van der Waals surface area (Å²) in [5.74, 6) is 0.199. The molecule has 2 aromatic rings. The summed E-state index contributed by atoms with van der Waals surface area (Å²) in [5, 5.41) is 3.96. The molecular weight excluding hydrogens is 252 g/mol. The third-order valence-corrected chi connectivity index (χ3v) is 4.03. The van der Waals surface area contributed by atoms with E-state index >= 15 is 0 Å². The third-order valence-electron chi connectivity index (χ3n) is 4.03. The number of amides is 1. The van der Waals surface area contributed by atoms with Crippen LogP contribution in [0.1, 0.15) is 41.8 Å². The van der Waals surface area contributed by atoms with Gasteiger partial charge in [-0.2, -0.15) is 0 Å². The Morgan fingerprint density at radius 3 is 2.90 bits per heavy atom. The first kappa shape index (κ1) is 13.2. The Bertz CT molecular complexity index is 632. The van der Waals surface area contributed by atoms with E-state index in [-0.39, 0.29) is 18.0 Å². The van der Waals surface area contributed by atoms with E-state index in [4.69, 9.17) is 10.2 Å². The molecule has 0 saturated heterocycles. The molecule has 4 nitrogen and oxygen atoms in total. The lowest BCUT2D eigenvalue weighted by molar-refractivity contribution is 0.0895. The van der Waals surface area contributed by atoms with Gasteiger partial charge in [-0.05, 0) is 38.0 Å². The summed E-state index contributed by atoms with van der Waals surface area (Å²) in [6.07, 6.45) is 4.20. The fourth-order valence-electron chi connectivity index (χ4n) is 2.85. The van der Waals surface area contributed by atoms with E-state index in [1.807, 2.05) is 25.1 Å². The Labute approximate surface area is 118 Å². The molecule has 1 aliphatic carbocycles. The summed E-state index contributed by atoms with van der Waals surface area (Å²) in [7, 11) is 0. The molecule has 20 heavy (non-hydrogen) atoms. The lowest BCUT2D eigenvalue weighted by Crippen LogP contribution is -2.49. The smallest absolute Gasteiger partial charge is 0.287 e. The Morgan fingerprint density at radius 2 is 2.10 bits per heavy atom. The molecule has 1 aromatic carbocycles. The SMILES string of the molecule is Cc1ccc2oc(C(=O)N[C@@H]3CCCC[C@H]3N)cc2c1. The van der Waals surface area contributed by atoms with Crippen molar-refractivity contribution >= 4 is 16.9 Å². The molecule has 106 valence electrons. The molecule has 0 radical (unpaired) electrons. The van der Waals surface area contributed by atoms with Crippen LogP contribution in [0.2, 0.25) is 0 Å². The zero-order chi connectivity index (χ0) is 14.1. The van der Waals surface area contributed by atoms with Gasteiger partial charge in [0.15, 0.2) is 5.76 Å². The number of carbonyl (C=O) groups is 1. The van der Waals surface area contributed by atoms with Crippen molar-refractivity contribution in [3.63, 3.8) is 0 Å². The van der Waals surface area contributed by atoms with Gasteiger partial charge in [-0.25, -0.2) is 0 Å². The van der Waals surface area contributed by atoms with Crippen LogP contribution in [0.25, 0.3) is 11.0 Å². The highest BCUT2D eigenvalue weighted by molar-refractivity contribution is 5.96. The van der Waals surface area contributed by atoms with Crippen molar-refractivity contribution in [2.75, 3.05) is 0 Å². The summed E-state index contributed by atoms with van der Waals surface area (Å²) >= 11 is 0. The van der Waals surface area contributed by atoms with Crippen molar-refractivity contribution in [2.24, 2.45) is 5.73 Å². The lowest BCUT2D eigenvalue weighted by atomic mass is 9.91. The first-order valence-electron chi connectivity index (χ1n) is 7.20. The van der Waals surface area contributed by atoms with Crippen molar-refractivity contribution in [1.82, 2.24) is 5.32 Å². The first-order chi connectivity index (χ1) is 9.63. The molecule has 0 unspecified atom stereocenters. The van der Waals surface area contributed by atoms with Gasteiger partial charge in [0, 0.05) is 17.5 Å². The monoisotopic (exact) mass is 272 g/mol. The van der Waals surface area contributed by atoms with E-state index in [0.717, 1.165) is 42.2 Å².